The molecule has 0 radical (unpaired) electrons. The molecule has 1 aliphatic heterocycles. The lowest BCUT2D eigenvalue weighted by molar-refractivity contribution is -0.119. The van der Waals surface area contributed by atoms with Gasteiger partial charge in [-0.05, 0) is 25.2 Å². The summed E-state index contributed by atoms with van der Waals surface area (Å²) >= 11 is 0. The molecule has 0 aliphatic carbocycles. The minimum absolute atomic E-state index is 0.0168. The second-order valence-corrected chi connectivity index (χ2v) is 4.97. The van der Waals surface area contributed by atoms with Gasteiger partial charge in [0.2, 0.25) is 5.91 Å². The van der Waals surface area contributed by atoms with E-state index in [9.17, 15) is 4.79 Å². The molecule has 0 bridgehead atoms. The number of aliphatic hydroxyl groups excluding tert-OH is 1. The van der Waals surface area contributed by atoms with Crippen molar-refractivity contribution in [1.29, 1.82) is 0 Å². The van der Waals surface area contributed by atoms with Crippen LogP contribution in [0.15, 0.2) is 0 Å². The Morgan fingerprint density at radius 2 is 2.29 bits per heavy atom. The topological polar surface area (TPSA) is 78.6 Å². The highest BCUT2D eigenvalue weighted by molar-refractivity contribution is 5.72. The van der Waals surface area contributed by atoms with Crippen LogP contribution in [0.4, 0.5) is 0 Å². The predicted octanol–water partition coefficient (Wildman–Crippen LogP) is -0.456. The Kier molecular flexibility index (Phi) is 6.47. The summed E-state index contributed by atoms with van der Waals surface area (Å²) in [5.74, 6) is 0.603. The van der Waals surface area contributed by atoms with Crippen LogP contribution in [-0.2, 0) is 4.79 Å². The van der Waals surface area contributed by atoms with Crippen LogP contribution in [0.3, 0.4) is 0 Å². The van der Waals surface area contributed by atoms with Gasteiger partial charge in [0.05, 0.1) is 0 Å². The molecule has 100 valence electrons. The number of likely N-dealkylation sites (tertiary alicyclic amines) is 1. The predicted molar refractivity (Wildman–Crippen MR) is 67.5 cm³/mol. The number of carbonyl (C=O) groups is 1. The lowest BCUT2D eigenvalue weighted by atomic mass is 9.91. The molecule has 5 heteroatoms. The van der Waals surface area contributed by atoms with Crippen molar-refractivity contribution in [3.63, 3.8) is 0 Å². The lowest BCUT2D eigenvalue weighted by Gasteiger charge is -2.36. The molecule has 17 heavy (non-hydrogen) atoms. The minimum atomic E-state index is 0.0168. The minimum Gasteiger partial charge on any atom is -0.396 e. The van der Waals surface area contributed by atoms with E-state index in [1.165, 1.54) is 6.92 Å². The monoisotopic (exact) mass is 243 g/mol. The van der Waals surface area contributed by atoms with Crippen molar-refractivity contribution >= 4 is 5.91 Å². The van der Waals surface area contributed by atoms with E-state index in [0.717, 1.165) is 38.9 Å². The van der Waals surface area contributed by atoms with Crippen LogP contribution < -0.4 is 11.1 Å². The van der Waals surface area contributed by atoms with Crippen LogP contribution in [0.5, 0.6) is 0 Å². The van der Waals surface area contributed by atoms with Crippen LogP contribution in [0.1, 0.15) is 26.2 Å². The van der Waals surface area contributed by atoms with Gasteiger partial charge < -0.3 is 16.2 Å². The largest absolute Gasteiger partial charge is 0.396 e. The normalized spacial score (nSPS) is 25.8. The number of aliphatic hydroxyl groups is 1. The van der Waals surface area contributed by atoms with E-state index < -0.39 is 0 Å². The van der Waals surface area contributed by atoms with Gasteiger partial charge in [-0.3, -0.25) is 9.69 Å². The number of rotatable bonds is 6. The van der Waals surface area contributed by atoms with Gasteiger partial charge in [0.15, 0.2) is 0 Å². The second-order valence-electron chi connectivity index (χ2n) is 4.97. The number of amides is 1. The summed E-state index contributed by atoms with van der Waals surface area (Å²) in [5, 5.41) is 11.6. The molecule has 1 heterocycles. The molecular formula is C12H25N3O2. The van der Waals surface area contributed by atoms with Crippen molar-refractivity contribution in [3.05, 3.63) is 0 Å². The fourth-order valence-corrected chi connectivity index (χ4v) is 2.51. The molecule has 1 aliphatic rings. The van der Waals surface area contributed by atoms with Crippen molar-refractivity contribution in [2.45, 2.75) is 32.2 Å². The number of carbonyl (C=O) groups excluding carboxylic acids is 1. The molecule has 0 aromatic heterocycles. The van der Waals surface area contributed by atoms with Gasteiger partial charge in [-0.2, -0.15) is 0 Å². The quantitative estimate of drug-likeness (QED) is 0.590. The first-order chi connectivity index (χ1) is 8.11. The van der Waals surface area contributed by atoms with E-state index in [1.807, 2.05) is 0 Å². The van der Waals surface area contributed by atoms with Gasteiger partial charge in [-0.15, -0.1) is 0 Å². The zero-order valence-electron chi connectivity index (χ0n) is 10.7. The van der Waals surface area contributed by atoms with Crippen molar-refractivity contribution in [3.8, 4) is 0 Å². The zero-order chi connectivity index (χ0) is 12.7. The Labute approximate surface area is 103 Å². The first-order valence-corrected chi connectivity index (χ1v) is 6.45. The first-order valence-electron chi connectivity index (χ1n) is 6.45. The SMILES string of the molecule is CC(=O)NCCN1CC(N)CC(CCCO)C1. The molecule has 5 nitrogen and oxygen atoms in total. The molecule has 0 aromatic rings. The van der Waals surface area contributed by atoms with Crippen molar-refractivity contribution < 1.29 is 9.90 Å². The van der Waals surface area contributed by atoms with Crippen LogP contribution in [0.25, 0.3) is 0 Å². The molecule has 4 N–H and O–H groups in total. The number of hydrogen-bond acceptors (Lipinski definition) is 4. The summed E-state index contributed by atoms with van der Waals surface area (Å²) in [6.07, 6.45) is 2.95. The van der Waals surface area contributed by atoms with E-state index in [4.69, 9.17) is 10.8 Å². The third-order valence-corrected chi connectivity index (χ3v) is 3.22. The summed E-state index contributed by atoms with van der Waals surface area (Å²) in [4.78, 5) is 13.1. The highest BCUT2D eigenvalue weighted by Gasteiger charge is 2.24. The molecule has 2 unspecified atom stereocenters. The average molecular weight is 243 g/mol. The van der Waals surface area contributed by atoms with Crippen molar-refractivity contribution in [2.24, 2.45) is 11.7 Å². The van der Waals surface area contributed by atoms with Gasteiger partial charge >= 0.3 is 0 Å². The Morgan fingerprint density at radius 3 is 2.94 bits per heavy atom. The maximum absolute atomic E-state index is 10.8. The van der Waals surface area contributed by atoms with Crippen LogP contribution in [0.2, 0.25) is 0 Å². The molecule has 1 saturated heterocycles. The Bertz CT molecular complexity index is 236. The Morgan fingerprint density at radius 1 is 1.53 bits per heavy atom. The molecular weight excluding hydrogens is 218 g/mol. The van der Waals surface area contributed by atoms with E-state index in [0.29, 0.717) is 12.5 Å². The molecule has 0 aromatic carbocycles. The molecule has 1 amide bonds. The summed E-state index contributed by atoms with van der Waals surface area (Å²) in [5.41, 5.74) is 6.03. The Balaban J connectivity index is 2.26. The number of nitrogens with two attached hydrogens (primary N) is 1. The second kappa shape index (κ2) is 7.63. The van der Waals surface area contributed by atoms with Crippen molar-refractivity contribution in [2.75, 3.05) is 32.8 Å². The average Bonchev–Trinajstić information content (AvgIpc) is 2.25. The number of piperidine rings is 1. The number of nitrogens with one attached hydrogen (secondary N) is 1. The van der Waals surface area contributed by atoms with Crippen LogP contribution in [0, 0.1) is 5.92 Å². The maximum Gasteiger partial charge on any atom is 0.216 e. The van der Waals surface area contributed by atoms with Crippen LogP contribution >= 0.6 is 0 Å². The van der Waals surface area contributed by atoms with E-state index >= 15 is 0 Å². The molecule has 2 atom stereocenters. The maximum atomic E-state index is 10.8. The lowest BCUT2D eigenvalue weighted by Crippen LogP contribution is -2.49. The fraction of sp³-hybridized carbons (Fsp3) is 0.917. The standard InChI is InChI=1S/C12H25N3O2/c1-10(17)14-4-5-15-8-11(3-2-6-16)7-12(13)9-15/h11-12,16H,2-9,13H2,1H3,(H,14,17). The van der Waals surface area contributed by atoms with Gasteiger partial charge in [0, 0.05) is 45.8 Å². The van der Waals surface area contributed by atoms with Crippen molar-refractivity contribution in [1.82, 2.24) is 10.2 Å². The van der Waals surface area contributed by atoms with E-state index in [-0.39, 0.29) is 18.6 Å². The van der Waals surface area contributed by atoms with E-state index in [2.05, 4.69) is 10.2 Å². The summed E-state index contributed by atoms with van der Waals surface area (Å²) in [6, 6.07) is 0.227. The number of hydrogen-bond donors (Lipinski definition) is 3. The van der Waals surface area contributed by atoms with Gasteiger partial charge in [-0.25, -0.2) is 0 Å². The molecule has 0 spiro atoms. The summed E-state index contributed by atoms with van der Waals surface area (Å²) in [6.45, 7) is 5.30. The molecule has 1 fully saturated rings. The van der Waals surface area contributed by atoms with E-state index in [1.54, 1.807) is 0 Å². The third kappa shape index (κ3) is 6.00. The van der Waals surface area contributed by atoms with Gasteiger partial charge in [-0.1, -0.05) is 0 Å². The Hall–Kier alpha value is -0.650. The zero-order valence-corrected chi connectivity index (χ0v) is 10.7. The van der Waals surface area contributed by atoms with Gasteiger partial charge in [0.1, 0.15) is 0 Å². The highest BCUT2D eigenvalue weighted by atomic mass is 16.2. The number of nitrogens with zero attached hydrogens (tertiary/aromatic N) is 1. The summed E-state index contributed by atoms with van der Waals surface area (Å²) in [7, 11) is 0. The summed E-state index contributed by atoms with van der Waals surface area (Å²) < 4.78 is 0. The molecule has 0 saturated carbocycles. The smallest absolute Gasteiger partial charge is 0.216 e. The van der Waals surface area contributed by atoms with Crippen LogP contribution in [-0.4, -0.2) is 54.7 Å². The highest BCUT2D eigenvalue weighted by Crippen LogP contribution is 2.19. The first kappa shape index (κ1) is 14.4. The fourth-order valence-electron chi connectivity index (χ4n) is 2.51. The third-order valence-electron chi connectivity index (χ3n) is 3.22. The molecule has 1 rings (SSSR count). The van der Waals surface area contributed by atoms with Gasteiger partial charge in [0.25, 0.3) is 0 Å².